The lowest BCUT2D eigenvalue weighted by Crippen LogP contribution is -2.21. The Bertz CT molecular complexity index is 1360. The summed E-state index contributed by atoms with van der Waals surface area (Å²) in [5, 5.41) is 16.5. The van der Waals surface area contributed by atoms with E-state index in [1.54, 1.807) is 31.2 Å². The fourth-order valence-electron chi connectivity index (χ4n) is 3.01. The maximum atomic E-state index is 12.5. The first-order valence-corrected chi connectivity index (χ1v) is 9.52. The number of phenols is 1. The highest BCUT2D eigenvalue weighted by atomic mass is 79.9. The number of hydrogen-bond donors (Lipinski definition) is 2. The van der Waals surface area contributed by atoms with Crippen molar-refractivity contribution in [2.75, 3.05) is 0 Å². The van der Waals surface area contributed by atoms with Crippen LogP contribution < -0.4 is 11.1 Å². The van der Waals surface area contributed by atoms with Crippen LogP contribution in [0, 0.1) is 0 Å². The molecule has 0 saturated carbocycles. The second kappa shape index (κ2) is 7.52. The van der Waals surface area contributed by atoms with Crippen LogP contribution in [0.3, 0.4) is 0 Å². The van der Waals surface area contributed by atoms with Crippen LogP contribution in [-0.2, 0) is 0 Å². The lowest BCUT2D eigenvalue weighted by atomic mass is 10.1. The normalized spacial score (nSPS) is 11.7. The molecule has 0 fully saturated rings. The van der Waals surface area contributed by atoms with Crippen molar-refractivity contribution in [3.8, 4) is 5.75 Å². The molecular formula is C22H15BrN2O4. The van der Waals surface area contributed by atoms with Gasteiger partial charge in [0.1, 0.15) is 11.3 Å². The lowest BCUT2D eigenvalue weighted by molar-refractivity contribution is 0.0952. The summed E-state index contributed by atoms with van der Waals surface area (Å²) in [6.45, 7) is 1.59. The molecule has 0 radical (unpaired) electrons. The minimum Gasteiger partial charge on any atom is -0.507 e. The second-order valence-electron chi connectivity index (χ2n) is 6.48. The van der Waals surface area contributed by atoms with Gasteiger partial charge >= 0.3 is 5.63 Å². The fourth-order valence-corrected chi connectivity index (χ4v) is 3.39. The summed E-state index contributed by atoms with van der Waals surface area (Å²) in [6.07, 6.45) is 0. The van der Waals surface area contributed by atoms with Crippen molar-refractivity contribution < 1.29 is 14.3 Å². The Hall–Kier alpha value is -3.45. The van der Waals surface area contributed by atoms with Crippen molar-refractivity contribution in [1.82, 2.24) is 5.43 Å². The maximum Gasteiger partial charge on any atom is 0.345 e. The Morgan fingerprint density at radius 1 is 1.00 bits per heavy atom. The molecule has 6 nitrogen and oxygen atoms in total. The van der Waals surface area contributed by atoms with Gasteiger partial charge in [-0.15, -0.1) is 0 Å². The van der Waals surface area contributed by atoms with Crippen LogP contribution in [0.15, 0.2) is 79.4 Å². The minimum atomic E-state index is -0.583. The third-order valence-electron chi connectivity index (χ3n) is 4.52. The Balaban J connectivity index is 1.64. The van der Waals surface area contributed by atoms with Gasteiger partial charge in [0.15, 0.2) is 0 Å². The maximum absolute atomic E-state index is 12.5. The van der Waals surface area contributed by atoms with E-state index in [0.717, 1.165) is 20.6 Å². The van der Waals surface area contributed by atoms with Gasteiger partial charge in [-0.25, -0.2) is 10.2 Å². The summed E-state index contributed by atoms with van der Waals surface area (Å²) in [5.41, 5.74) is 2.91. The van der Waals surface area contributed by atoms with Gasteiger partial charge < -0.3 is 9.52 Å². The number of nitrogens with zero attached hydrogens (tertiary/aromatic N) is 1. The van der Waals surface area contributed by atoms with E-state index in [2.05, 4.69) is 26.5 Å². The van der Waals surface area contributed by atoms with Gasteiger partial charge in [0.05, 0.1) is 16.8 Å². The van der Waals surface area contributed by atoms with Gasteiger partial charge in [0.25, 0.3) is 5.91 Å². The van der Waals surface area contributed by atoms with Crippen LogP contribution in [0.4, 0.5) is 0 Å². The number of hydrazone groups is 1. The molecule has 29 heavy (non-hydrogen) atoms. The molecule has 0 aliphatic carbocycles. The summed E-state index contributed by atoms with van der Waals surface area (Å²) >= 11 is 3.38. The number of phenolic OH excluding ortho intramolecular Hbond substituents is 1. The molecule has 0 spiro atoms. The van der Waals surface area contributed by atoms with E-state index < -0.39 is 11.5 Å². The van der Waals surface area contributed by atoms with E-state index in [0.29, 0.717) is 5.58 Å². The van der Waals surface area contributed by atoms with E-state index in [9.17, 15) is 14.7 Å². The zero-order valence-corrected chi connectivity index (χ0v) is 16.9. The number of halogens is 1. The number of amides is 1. The second-order valence-corrected chi connectivity index (χ2v) is 7.40. The molecule has 0 aliphatic heterocycles. The van der Waals surface area contributed by atoms with Crippen molar-refractivity contribution in [2.24, 2.45) is 5.10 Å². The predicted octanol–water partition coefficient (Wildman–Crippen LogP) is 4.57. The number of carbonyl (C=O) groups excluding carboxylic acids is 1. The van der Waals surface area contributed by atoms with Crippen LogP contribution in [0.1, 0.15) is 22.8 Å². The van der Waals surface area contributed by atoms with Crippen LogP contribution in [0.5, 0.6) is 5.75 Å². The largest absolute Gasteiger partial charge is 0.507 e. The summed E-state index contributed by atoms with van der Waals surface area (Å²) in [4.78, 5) is 24.8. The van der Waals surface area contributed by atoms with Gasteiger partial charge in [0.2, 0.25) is 0 Å². The zero-order chi connectivity index (χ0) is 20.5. The van der Waals surface area contributed by atoms with Crippen LogP contribution in [0.25, 0.3) is 21.7 Å². The molecule has 0 aliphatic rings. The van der Waals surface area contributed by atoms with Gasteiger partial charge in [-0.3, -0.25) is 4.79 Å². The number of carbonyl (C=O) groups is 1. The predicted molar refractivity (Wildman–Crippen MR) is 115 cm³/mol. The Kier molecular flexibility index (Phi) is 4.90. The molecule has 144 valence electrons. The molecule has 7 heteroatoms. The highest BCUT2D eigenvalue weighted by Crippen LogP contribution is 2.25. The third-order valence-corrected chi connectivity index (χ3v) is 5.01. The smallest absolute Gasteiger partial charge is 0.345 e. The van der Waals surface area contributed by atoms with Crippen molar-refractivity contribution in [3.63, 3.8) is 0 Å². The molecule has 0 unspecified atom stereocenters. The molecule has 1 heterocycles. The number of nitrogens with one attached hydrogen (secondary N) is 1. The third kappa shape index (κ3) is 3.77. The van der Waals surface area contributed by atoms with Gasteiger partial charge in [0, 0.05) is 9.86 Å². The molecular weight excluding hydrogens is 436 g/mol. The van der Waals surface area contributed by atoms with Crippen molar-refractivity contribution in [2.45, 2.75) is 6.92 Å². The number of hydrogen-bond acceptors (Lipinski definition) is 5. The minimum absolute atomic E-state index is 0.0923. The lowest BCUT2D eigenvalue weighted by Gasteiger charge is -2.07. The van der Waals surface area contributed by atoms with Crippen LogP contribution in [-0.4, -0.2) is 16.7 Å². The quantitative estimate of drug-likeness (QED) is 0.271. The monoisotopic (exact) mass is 450 g/mol. The zero-order valence-electron chi connectivity index (χ0n) is 15.3. The molecule has 4 aromatic rings. The molecule has 4 rings (SSSR count). The molecule has 1 amide bonds. The first-order valence-electron chi connectivity index (χ1n) is 8.72. The highest BCUT2D eigenvalue weighted by Gasteiger charge is 2.13. The molecule has 0 atom stereocenters. The van der Waals surface area contributed by atoms with Crippen molar-refractivity contribution >= 4 is 49.3 Å². The summed E-state index contributed by atoms with van der Waals surface area (Å²) in [6, 6.07) is 17.5. The number of fused-ring (bicyclic) bond motifs is 2. The Labute approximate surface area is 173 Å². The molecule has 3 aromatic carbocycles. The van der Waals surface area contributed by atoms with E-state index in [4.69, 9.17) is 4.42 Å². The van der Waals surface area contributed by atoms with Crippen molar-refractivity contribution in [1.29, 1.82) is 0 Å². The molecule has 2 N–H and O–H groups in total. The summed E-state index contributed by atoms with van der Waals surface area (Å²) in [7, 11) is 0. The molecule has 1 aromatic heterocycles. The van der Waals surface area contributed by atoms with Gasteiger partial charge in [-0.2, -0.15) is 5.10 Å². The first kappa shape index (κ1) is 18.9. The van der Waals surface area contributed by atoms with Crippen LogP contribution >= 0.6 is 15.9 Å². The molecule has 0 bridgehead atoms. The van der Waals surface area contributed by atoms with Crippen LogP contribution in [0.2, 0.25) is 0 Å². The van der Waals surface area contributed by atoms with Gasteiger partial charge in [-0.1, -0.05) is 40.2 Å². The average molecular weight is 451 g/mol. The first-order chi connectivity index (χ1) is 13.9. The topological polar surface area (TPSA) is 91.9 Å². The average Bonchev–Trinajstić information content (AvgIpc) is 2.71. The molecule has 0 saturated heterocycles. The SMILES string of the molecule is CC(=NNC(=O)c1cc2ccccc2cc1O)c1cc2cc(Br)ccc2oc1=O. The standard InChI is InChI=1S/C22H15BrN2O4/c1-12(17-10-15-8-16(23)6-7-20(15)29-22(17)28)24-25-21(27)18-9-13-4-2-3-5-14(13)11-19(18)26/h2-11,26H,1H3,(H,25,27). The van der Waals surface area contributed by atoms with E-state index in [1.807, 2.05) is 30.3 Å². The fraction of sp³-hybridized carbons (Fsp3) is 0.0455. The summed E-state index contributed by atoms with van der Waals surface area (Å²) in [5.74, 6) is -0.732. The van der Waals surface area contributed by atoms with Crippen molar-refractivity contribution in [3.05, 3.63) is 86.7 Å². The Morgan fingerprint density at radius 2 is 1.69 bits per heavy atom. The van der Waals surface area contributed by atoms with E-state index in [-0.39, 0.29) is 22.6 Å². The van der Waals surface area contributed by atoms with Gasteiger partial charge in [-0.05, 0) is 54.1 Å². The van der Waals surface area contributed by atoms with E-state index >= 15 is 0 Å². The Morgan fingerprint density at radius 3 is 2.45 bits per heavy atom. The number of benzene rings is 3. The highest BCUT2D eigenvalue weighted by molar-refractivity contribution is 9.10. The van der Waals surface area contributed by atoms with E-state index in [1.165, 1.54) is 6.07 Å². The number of aromatic hydroxyl groups is 1. The summed E-state index contributed by atoms with van der Waals surface area (Å²) < 4.78 is 6.16. The number of rotatable bonds is 3.